The molecule has 7 nitrogen and oxygen atoms in total. The number of aryl methyl sites for hydroxylation is 1. The second-order valence-corrected chi connectivity index (χ2v) is 12.2. The molecule has 2 aliphatic rings. The highest BCUT2D eigenvalue weighted by molar-refractivity contribution is 7.47. The van der Waals surface area contributed by atoms with Crippen LogP contribution in [0.3, 0.4) is 0 Å². The van der Waals surface area contributed by atoms with Gasteiger partial charge < -0.3 is 14.7 Å². The molecule has 1 saturated carbocycles. The first-order valence-corrected chi connectivity index (χ1v) is 15.2. The molecule has 0 amide bonds. The number of ether oxygens (including phenoxy) is 1. The zero-order valence-corrected chi connectivity index (χ0v) is 23.9. The Hall–Kier alpha value is -2.70. The number of phenolic OH excluding ortho intramolecular Hbond substituents is 1. The Morgan fingerprint density at radius 1 is 1.15 bits per heavy atom. The molecule has 0 radical (unpaired) electrons. The molecule has 2 N–H and O–H groups in total. The van der Waals surface area contributed by atoms with E-state index in [0.29, 0.717) is 30.4 Å². The molecular weight excluding hydrogens is 515 g/mol. The van der Waals surface area contributed by atoms with Crippen LogP contribution in [-0.4, -0.2) is 22.1 Å². The highest BCUT2D eigenvalue weighted by atomic mass is 31.2. The molecule has 210 valence electrons. The minimum atomic E-state index is -4.56. The van der Waals surface area contributed by atoms with Gasteiger partial charge in [0.05, 0.1) is 6.61 Å². The van der Waals surface area contributed by atoms with Gasteiger partial charge in [-0.15, -0.1) is 0 Å². The molecular formula is C31H39O7P. The predicted octanol–water partition coefficient (Wildman–Crippen LogP) is 7.38. The highest BCUT2D eigenvalue weighted by Crippen LogP contribution is 2.51. The number of carbonyl (C=O) groups is 1. The van der Waals surface area contributed by atoms with Gasteiger partial charge in [0.2, 0.25) is 0 Å². The van der Waals surface area contributed by atoms with Crippen LogP contribution in [0.1, 0.15) is 75.5 Å². The van der Waals surface area contributed by atoms with Gasteiger partial charge in [-0.25, -0.2) is 9.36 Å². The van der Waals surface area contributed by atoms with Crippen LogP contribution in [0, 0.1) is 11.8 Å². The lowest BCUT2D eigenvalue weighted by Crippen LogP contribution is -2.31. The third kappa shape index (κ3) is 7.70. The summed E-state index contributed by atoms with van der Waals surface area (Å²) in [4.78, 5) is 23.9. The summed E-state index contributed by atoms with van der Waals surface area (Å²) in [5.41, 5.74) is 4.26. The molecule has 2 unspecified atom stereocenters. The second-order valence-electron chi connectivity index (χ2n) is 10.8. The van der Waals surface area contributed by atoms with Crippen LogP contribution in [0.4, 0.5) is 0 Å². The Bertz CT molecular complexity index is 1270. The van der Waals surface area contributed by atoms with Gasteiger partial charge >= 0.3 is 13.8 Å². The fourth-order valence-electron chi connectivity index (χ4n) is 5.22. The fourth-order valence-corrected chi connectivity index (χ4v) is 6.14. The lowest BCUT2D eigenvalue weighted by molar-refractivity contribution is -0.144. The van der Waals surface area contributed by atoms with Crippen LogP contribution in [0.25, 0.3) is 0 Å². The van der Waals surface area contributed by atoms with E-state index < -0.39 is 19.9 Å². The van der Waals surface area contributed by atoms with Gasteiger partial charge in [-0.05, 0) is 81.0 Å². The van der Waals surface area contributed by atoms with E-state index in [1.807, 2.05) is 19.9 Å². The first-order chi connectivity index (χ1) is 18.6. The Morgan fingerprint density at radius 3 is 2.51 bits per heavy atom. The SMILES string of the molecule is C=C(C)[C@@H]1CCC(C)=C[C@H]1c1c(O)cc(CCC)cc1OC(=O)C(OP(=O)(O)OCc1ccccc1)C1CC1. The number of rotatable bonds is 12. The van der Waals surface area contributed by atoms with E-state index in [1.54, 1.807) is 36.4 Å². The number of esters is 1. The van der Waals surface area contributed by atoms with Crippen molar-refractivity contribution in [2.75, 3.05) is 0 Å². The topological polar surface area (TPSA) is 102 Å². The van der Waals surface area contributed by atoms with E-state index >= 15 is 0 Å². The van der Waals surface area contributed by atoms with Crippen LogP contribution in [0.15, 0.2) is 66.3 Å². The van der Waals surface area contributed by atoms with Crippen molar-refractivity contribution in [3.05, 3.63) is 83.0 Å². The van der Waals surface area contributed by atoms with E-state index in [-0.39, 0.29) is 35.9 Å². The third-order valence-corrected chi connectivity index (χ3v) is 8.36. The molecule has 2 aromatic rings. The summed E-state index contributed by atoms with van der Waals surface area (Å²) in [5.74, 6) is -0.838. The Kier molecular flexibility index (Phi) is 9.50. The summed E-state index contributed by atoms with van der Waals surface area (Å²) in [7, 11) is -4.56. The van der Waals surface area contributed by atoms with Crippen molar-refractivity contribution in [3.8, 4) is 11.5 Å². The quantitative estimate of drug-likeness (QED) is 0.122. The number of benzene rings is 2. The number of phosphoric ester groups is 1. The van der Waals surface area contributed by atoms with Gasteiger partial charge in [-0.3, -0.25) is 9.05 Å². The van der Waals surface area contributed by atoms with Crippen molar-refractivity contribution in [3.63, 3.8) is 0 Å². The van der Waals surface area contributed by atoms with Gasteiger partial charge in [-0.1, -0.05) is 67.5 Å². The molecule has 4 atom stereocenters. The first kappa shape index (κ1) is 29.3. The lowest BCUT2D eigenvalue weighted by atomic mass is 9.73. The number of phenols is 1. The van der Waals surface area contributed by atoms with Crippen LogP contribution in [0.2, 0.25) is 0 Å². The smallest absolute Gasteiger partial charge is 0.473 e. The average Bonchev–Trinajstić information content (AvgIpc) is 3.72. The van der Waals surface area contributed by atoms with Crippen LogP contribution < -0.4 is 4.74 Å². The molecule has 0 bridgehead atoms. The standard InChI is InChI=1S/C31H39O7P/c1-5-9-23-17-27(32)29(26-16-21(4)12-15-25(26)20(2)3)28(18-23)37-31(33)30(24-13-14-24)38-39(34,35)36-19-22-10-7-6-8-11-22/h6-8,10-11,16-18,24-26,30,32H,2,5,9,12-15,19H2,1,3-4H3,(H,34,35)/t25-,26+,30?/m0/s1. The summed E-state index contributed by atoms with van der Waals surface area (Å²) in [6, 6.07) is 12.5. The summed E-state index contributed by atoms with van der Waals surface area (Å²) >= 11 is 0. The molecule has 8 heteroatoms. The van der Waals surface area contributed by atoms with Crippen molar-refractivity contribution in [2.45, 2.75) is 77.9 Å². The minimum absolute atomic E-state index is 0.0638. The van der Waals surface area contributed by atoms with Crippen molar-refractivity contribution in [1.29, 1.82) is 0 Å². The lowest BCUT2D eigenvalue weighted by Gasteiger charge is -2.32. The maximum atomic E-state index is 13.5. The van der Waals surface area contributed by atoms with Crippen LogP contribution in [0.5, 0.6) is 11.5 Å². The maximum Gasteiger partial charge on any atom is 0.473 e. The number of hydrogen-bond acceptors (Lipinski definition) is 6. The number of carbonyl (C=O) groups excluding carboxylic acids is 1. The van der Waals surface area contributed by atoms with Gasteiger partial charge in [0.1, 0.15) is 11.5 Å². The summed E-state index contributed by atoms with van der Waals surface area (Å²) in [5, 5.41) is 11.2. The van der Waals surface area contributed by atoms with Gasteiger partial charge in [0.25, 0.3) is 0 Å². The molecule has 0 heterocycles. The summed E-state index contributed by atoms with van der Waals surface area (Å²) in [6.07, 6.45) is 5.57. The minimum Gasteiger partial charge on any atom is -0.507 e. The largest absolute Gasteiger partial charge is 0.507 e. The zero-order chi connectivity index (χ0) is 28.2. The van der Waals surface area contributed by atoms with E-state index in [0.717, 1.165) is 30.4 Å². The molecule has 2 aromatic carbocycles. The Labute approximate surface area is 231 Å². The van der Waals surface area contributed by atoms with Crippen molar-refractivity contribution >= 4 is 13.8 Å². The maximum absolute atomic E-state index is 13.5. The molecule has 4 rings (SSSR count). The predicted molar refractivity (Wildman–Crippen MR) is 150 cm³/mol. The van der Waals surface area contributed by atoms with Crippen molar-refractivity contribution in [1.82, 2.24) is 0 Å². The average molecular weight is 555 g/mol. The monoisotopic (exact) mass is 554 g/mol. The van der Waals surface area contributed by atoms with Gasteiger partial charge in [0, 0.05) is 11.5 Å². The molecule has 39 heavy (non-hydrogen) atoms. The number of aromatic hydroxyl groups is 1. The first-order valence-electron chi connectivity index (χ1n) is 13.7. The molecule has 0 aliphatic heterocycles. The fraction of sp³-hybridized carbons (Fsp3) is 0.452. The van der Waals surface area contributed by atoms with Crippen LogP contribution >= 0.6 is 7.82 Å². The van der Waals surface area contributed by atoms with E-state index in [1.165, 1.54) is 5.57 Å². The Balaban J connectivity index is 1.61. The molecule has 1 fully saturated rings. The molecule has 0 aromatic heterocycles. The van der Waals surface area contributed by atoms with Gasteiger partial charge in [0.15, 0.2) is 6.10 Å². The van der Waals surface area contributed by atoms with E-state index in [4.69, 9.17) is 13.8 Å². The summed E-state index contributed by atoms with van der Waals surface area (Å²) in [6.45, 7) is 10.1. The molecule has 0 spiro atoms. The van der Waals surface area contributed by atoms with E-state index in [9.17, 15) is 19.4 Å². The Morgan fingerprint density at radius 2 is 1.87 bits per heavy atom. The normalized spacial score (nSPS) is 21.5. The van der Waals surface area contributed by atoms with Crippen LogP contribution in [-0.2, 0) is 31.4 Å². The molecule has 2 aliphatic carbocycles. The van der Waals surface area contributed by atoms with Crippen molar-refractivity contribution < 1.29 is 33.1 Å². The van der Waals surface area contributed by atoms with Crippen molar-refractivity contribution in [2.24, 2.45) is 11.8 Å². The number of hydrogen-bond donors (Lipinski definition) is 2. The highest BCUT2D eigenvalue weighted by Gasteiger charge is 2.44. The third-order valence-electron chi connectivity index (χ3n) is 7.41. The summed E-state index contributed by atoms with van der Waals surface area (Å²) < 4.78 is 29.3. The number of allylic oxidation sites excluding steroid dienone is 3. The van der Waals surface area contributed by atoms with E-state index in [2.05, 4.69) is 19.6 Å². The number of phosphoric acid groups is 1. The second kappa shape index (κ2) is 12.6. The molecule has 0 saturated heterocycles. The zero-order valence-electron chi connectivity index (χ0n) is 23.0. The van der Waals surface area contributed by atoms with Gasteiger partial charge in [-0.2, -0.15) is 0 Å².